The molecule has 57 heavy (non-hydrogen) atoms. The lowest BCUT2D eigenvalue weighted by molar-refractivity contribution is -0.870. The van der Waals surface area contributed by atoms with Gasteiger partial charge in [-0.25, -0.2) is 0 Å². The number of phosphoric acid groups is 1. The van der Waals surface area contributed by atoms with Crippen LogP contribution in [0.4, 0.5) is 0 Å². The van der Waals surface area contributed by atoms with E-state index in [9.17, 15) is 14.3 Å². The Morgan fingerprint density at radius 2 is 0.965 bits per heavy atom. The van der Waals surface area contributed by atoms with Crippen LogP contribution in [0, 0.1) is 0 Å². The van der Waals surface area contributed by atoms with Gasteiger partial charge in [0, 0.05) is 13.0 Å². The average Bonchev–Trinajstić information content (AvgIpc) is 3.16. The van der Waals surface area contributed by atoms with Crippen LogP contribution in [-0.2, 0) is 27.9 Å². The third kappa shape index (κ3) is 45.9. The molecule has 0 aromatic rings. The van der Waals surface area contributed by atoms with E-state index in [4.69, 9.17) is 18.5 Å². The maximum absolute atomic E-state index is 12.7. The average molecular weight is 828 g/mol. The minimum atomic E-state index is -4.52. The summed E-state index contributed by atoms with van der Waals surface area (Å²) < 4.78 is 34.7. The van der Waals surface area contributed by atoms with E-state index in [1.54, 1.807) is 0 Å². The van der Waals surface area contributed by atoms with Crippen LogP contribution in [0.15, 0.2) is 24.3 Å². The highest BCUT2D eigenvalue weighted by atomic mass is 31.2. The number of unbranched alkanes of at least 4 members (excludes halogenated alkanes) is 27. The van der Waals surface area contributed by atoms with Crippen molar-refractivity contribution in [3.63, 3.8) is 0 Å². The molecule has 8 nitrogen and oxygen atoms in total. The quantitative estimate of drug-likeness (QED) is 0.0198. The van der Waals surface area contributed by atoms with E-state index < -0.39 is 13.9 Å². The zero-order valence-electron chi connectivity index (χ0n) is 38.3. The van der Waals surface area contributed by atoms with Gasteiger partial charge in [-0.15, -0.1) is 0 Å². The Balaban J connectivity index is 4.16. The second kappa shape index (κ2) is 41.7. The molecule has 1 unspecified atom stereocenters. The number of hydrogen-bond donors (Lipinski definition) is 0. The van der Waals surface area contributed by atoms with Gasteiger partial charge in [0.15, 0.2) is 0 Å². The van der Waals surface area contributed by atoms with Gasteiger partial charge in [0.05, 0.1) is 34.4 Å². The second-order valence-corrected chi connectivity index (χ2v) is 18.9. The Kier molecular flexibility index (Phi) is 41.0. The predicted octanol–water partition coefficient (Wildman–Crippen LogP) is 13.8. The van der Waals surface area contributed by atoms with Crippen LogP contribution in [-0.4, -0.2) is 70.7 Å². The number of carbonyl (C=O) groups is 1. The summed E-state index contributed by atoms with van der Waals surface area (Å²) in [6, 6.07) is 0. The van der Waals surface area contributed by atoms with Crippen molar-refractivity contribution in [3.05, 3.63) is 24.3 Å². The summed E-state index contributed by atoms with van der Waals surface area (Å²) in [5.74, 6) is -0.335. The molecule has 0 aliphatic heterocycles. The molecule has 0 fully saturated rings. The Hall–Kier alpha value is -1.02. The molecule has 0 saturated heterocycles. The van der Waals surface area contributed by atoms with E-state index in [1.165, 1.54) is 161 Å². The van der Waals surface area contributed by atoms with Crippen molar-refractivity contribution < 1.29 is 37.3 Å². The Morgan fingerprint density at radius 3 is 1.46 bits per heavy atom. The molecule has 0 saturated carbocycles. The number of phosphoric ester groups is 1. The Bertz CT molecular complexity index is 967. The van der Waals surface area contributed by atoms with Gasteiger partial charge < -0.3 is 27.9 Å². The molecule has 0 aliphatic rings. The second-order valence-electron chi connectivity index (χ2n) is 17.5. The molecule has 9 heteroatoms. The molecule has 0 amide bonds. The molecule has 338 valence electrons. The standard InChI is InChI=1S/C48H94NO7P/c1-6-8-10-12-14-16-18-20-22-24-25-26-27-29-31-33-35-37-39-41-48(50)56-47(46-55-57(51,52)54-44-42-49(3,4)5)45-53-43-40-38-36-34-32-30-28-23-21-19-17-15-13-11-9-7-2/h14,16,20,22,47H,6-13,15,17-19,21,23-46H2,1-5H3/b16-14-,22-20-/t47-/m1/s1. The molecular weight excluding hydrogens is 734 g/mol. The fourth-order valence-corrected chi connectivity index (χ4v) is 7.48. The molecule has 0 spiro atoms. The van der Waals surface area contributed by atoms with Gasteiger partial charge in [0.2, 0.25) is 0 Å². The smallest absolute Gasteiger partial charge is 0.306 e. The highest BCUT2D eigenvalue weighted by Gasteiger charge is 2.20. The maximum Gasteiger partial charge on any atom is 0.306 e. The van der Waals surface area contributed by atoms with Crippen LogP contribution in [0.25, 0.3) is 0 Å². The van der Waals surface area contributed by atoms with E-state index >= 15 is 0 Å². The predicted molar refractivity (Wildman–Crippen MR) is 240 cm³/mol. The summed E-state index contributed by atoms with van der Waals surface area (Å²) in [4.78, 5) is 25.1. The van der Waals surface area contributed by atoms with Crippen molar-refractivity contribution in [2.45, 2.75) is 225 Å². The van der Waals surface area contributed by atoms with Gasteiger partial charge in [-0.2, -0.15) is 0 Å². The normalized spacial score (nSPS) is 13.9. The topological polar surface area (TPSA) is 94.1 Å². The van der Waals surface area contributed by atoms with Crippen molar-refractivity contribution in [1.82, 2.24) is 0 Å². The molecule has 2 atom stereocenters. The van der Waals surface area contributed by atoms with E-state index in [0.717, 1.165) is 38.5 Å². The minimum Gasteiger partial charge on any atom is -0.756 e. The number of allylic oxidation sites excluding steroid dienone is 4. The number of ether oxygens (including phenoxy) is 2. The van der Waals surface area contributed by atoms with Gasteiger partial charge in [0.25, 0.3) is 7.82 Å². The van der Waals surface area contributed by atoms with E-state index in [-0.39, 0.29) is 25.8 Å². The number of carbonyl (C=O) groups excluding carboxylic acids is 1. The highest BCUT2D eigenvalue weighted by molar-refractivity contribution is 7.45. The lowest BCUT2D eigenvalue weighted by atomic mass is 10.0. The molecule has 0 N–H and O–H groups in total. The van der Waals surface area contributed by atoms with Crippen LogP contribution in [0.1, 0.15) is 219 Å². The maximum atomic E-state index is 12.7. The van der Waals surface area contributed by atoms with Crippen LogP contribution in [0.5, 0.6) is 0 Å². The molecule has 0 radical (unpaired) electrons. The van der Waals surface area contributed by atoms with Crippen LogP contribution < -0.4 is 4.89 Å². The van der Waals surface area contributed by atoms with Gasteiger partial charge in [-0.05, 0) is 44.9 Å². The van der Waals surface area contributed by atoms with E-state index in [1.807, 2.05) is 21.1 Å². The first-order chi connectivity index (χ1) is 27.6. The molecule has 0 bridgehead atoms. The summed E-state index contributed by atoms with van der Waals surface area (Å²) in [6.45, 7) is 5.42. The van der Waals surface area contributed by atoms with Gasteiger partial charge in [-0.1, -0.05) is 192 Å². The van der Waals surface area contributed by atoms with Crippen molar-refractivity contribution in [2.75, 3.05) is 54.1 Å². The number of quaternary nitrogens is 1. The molecular formula is C48H94NO7P. The molecule has 0 aliphatic carbocycles. The third-order valence-corrected chi connectivity index (χ3v) is 11.5. The monoisotopic (exact) mass is 828 g/mol. The highest BCUT2D eigenvalue weighted by Crippen LogP contribution is 2.38. The van der Waals surface area contributed by atoms with Crippen LogP contribution in [0.3, 0.4) is 0 Å². The number of esters is 1. The number of likely N-dealkylation sites (N-methyl/N-ethyl adjacent to an activating group) is 1. The SMILES string of the molecule is CCCCC/C=C\C/C=C\CCCCCCCCCCCC(=O)O[C@H](COCCCCCCCCCCCCCCCCCC)COP(=O)([O-])OCC[N+](C)(C)C. The summed E-state index contributed by atoms with van der Waals surface area (Å²) >= 11 is 0. The molecule has 0 aromatic heterocycles. The Labute approximate surface area is 353 Å². The van der Waals surface area contributed by atoms with Crippen LogP contribution >= 0.6 is 7.82 Å². The fourth-order valence-electron chi connectivity index (χ4n) is 6.75. The molecule has 0 aromatic carbocycles. The first kappa shape index (κ1) is 56.0. The van der Waals surface area contributed by atoms with Crippen molar-refractivity contribution in [2.24, 2.45) is 0 Å². The first-order valence-corrected chi connectivity index (χ1v) is 25.5. The lowest BCUT2D eigenvalue weighted by Gasteiger charge is -2.28. The van der Waals surface area contributed by atoms with E-state index in [2.05, 4.69) is 38.2 Å². The van der Waals surface area contributed by atoms with Crippen molar-refractivity contribution >= 4 is 13.8 Å². The Morgan fingerprint density at radius 1 is 0.544 bits per heavy atom. The van der Waals surface area contributed by atoms with Gasteiger partial charge in [0.1, 0.15) is 19.3 Å². The summed E-state index contributed by atoms with van der Waals surface area (Å²) in [5.41, 5.74) is 0. The van der Waals surface area contributed by atoms with Gasteiger partial charge >= 0.3 is 5.97 Å². The zero-order valence-corrected chi connectivity index (χ0v) is 39.2. The zero-order chi connectivity index (χ0) is 42.0. The van der Waals surface area contributed by atoms with Crippen molar-refractivity contribution in [1.29, 1.82) is 0 Å². The lowest BCUT2D eigenvalue weighted by Crippen LogP contribution is -2.37. The number of nitrogens with zero attached hydrogens (tertiary/aromatic N) is 1. The first-order valence-electron chi connectivity index (χ1n) is 24.1. The largest absolute Gasteiger partial charge is 0.756 e. The summed E-state index contributed by atoms with van der Waals surface area (Å²) in [5, 5.41) is 0. The molecule has 0 rings (SSSR count). The summed E-state index contributed by atoms with van der Waals surface area (Å²) in [7, 11) is 1.36. The van der Waals surface area contributed by atoms with Gasteiger partial charge in [-0.3, -0.25) is 9.36 Å². The summed E-state index contributed by atoms with van der Waals surface area (Å²) in [6.07, 6.45) is 47.6. The van der Waals surface area contributed by atoms with Crippen molar-refractivity contribution in [3.8, 4) is 0 Å². The fraction of sp³-hybridized carbons (Fsp3) is 0.896. The van der Waals surface area contributed by atoms with Crippen LogP contribution in [0.2, 0.25) is 0 Å². The minimum absolute atomic E-state index is 0.0274. The number of hydrogen-bond acceptors (Lipinski definition) is 7. The van der Waals surface area contributed by atoms with E-state index in [0.29, 0.717) is 24.1 Å². The third-order valence-electron chi connectivity index (χ3n) is 10.5. The number of rotatable bonds is 45. The molecule has 0 heterocycles.